The van der Waals surface area contributed by atoms with Crippen molar-refractivity contribution in [1.29, 1.82) is 5.26 Å². The van der Waals surface area contributed by atoms with Crippen LogP contribution in [0, 0.1) is 18.3 Å². The lowest BCUT2D eigenvalue weighted by atomic mass is 10.1. The summed E-state index contributed by atoms with van der Waals surface area (Å²) in [5, 5.41) is 13.7. The number of anilines is 1. The molecule has 3 rings (SSSR count). The molecule has 0 bridgehead atoms. The first kappa shape index (κ1) is 11.9. The molecule has 1 aromatic carbocycles. The van der Waals surface area contributed by atoms with Crippen molar-refractivity contribution in [3.63, 3.8) is 0 Å². The van der Waals surface area contributed by atoms with Crippen molar-refractivity contribution >= 4 is 16.7 Å². The van der Waals surface area contributed by atoms with Gasteiger partial charge in [-0.3, -0.25) is 0 Å². The number of aryl methyl sites for hydroxylation is 1. The van der Waals surface area contributed by atoms with Crippen LogP contribution in [-0.2, 0) is 0 Å². The van der Waals surface area contributed by atoms with Crippen molar-refractivity contribution < 1.29 is 0 Å². The minimum atomic E-state index is 0.667. The predicted molar refractivity (Wildman–Crippen MR) is 76.3 cm³/mol. The van der Waals surface area contributed by atoms with E-state index in [1.54, 1.807) is 0 Å². The fourth-order valence-corrected chi connectivity index (χ4v) is 2.54. The molecule has 4 heteroatoms. The fourth-order valence-electron chi connectivity index (χ4n) is 2.54. The molecule has 96 valence electrons. The van der Waals surface area contributed by atoms with Crippen LogP contribution in [-0.4, -0.2) is 31.2 Å². The molecular weight excluding hydrogens is 236 g/mol. The van der Waals surface area contributed by atoms with E-state index in [1.165, 1.54) is 0 Å². The maximum Gasteiger partial charge on any atom is 0.147 e. The van der Waals surface area contributed by atoms with Crippen LogP contribution in [0.5, 0.6) is 0 Å². The van der Waals surface area contributed by atoms with E-state index in [0.29, 0.717) is 5.56 Å². The number of pyridine rings is 1. The molecule has 19 heavy (non-hydrogen) atoms. The molecule has 0 unspecified atom stereocenters. The van der Waals surface area contributed by atoms with Crippen LogP contribution in [0.3, 0.4) is 0 Å². The summed E-state index contributed by atoms with van der Waals surface area (Å²) in [6.45, 7) is 5.75. The largest absolute Gasteiger partial charge is 0.353 e. The van der Waals surface area contributed by atoms with E-state index in [1.807, 2.05) is 18.2 Å². The second-order valence-corrected chi connectivity index (χ2v) is 4.86. The van der Waals surface area contributed by atoms with E-state index in [4.69, 9.17) is 4.98 Å². The van der Waals surface area contributed by atoms with Crippen molar-refractivity contribution in [3.05, 3.63) is 35.4 Å². The molecule has 1 aliphatic heterocycles. The number of rotatable bonds is 1. The van der Waals surface area contributed by atoms with Gasteiger partial charge in [-0.25, -0.2) is 4.98 Å². The number of nitriles is 1. The summed E-state index contributed by atoms with van der Waals surface area (Å²) in [7, 11) is 0. The Morgan fingerprint density at radius 3 is 2.84 bits per heavy atom. The third kappa shape index (κ3) is 2.13. The highest BCUT2D eigenvalue weighted by molar-refractivity contribution is 5.85. The fraction of sp³-hybridized carbons (Fsp3) is 0.333. The lowest BCUT2D eigenvalue weighted by molar-refractivity contribution is 0.585. The standard InChI is InChI=1S/C15H16N4/c1-11-3-2-4-12-9-13(10-16)15(18-14(11)12)19-7-5-17-6-8-19/h2-4,9,17H,5-8H2,1H3. The smallest absolute Gasteiger partial charge is 0.147 e. The number of hydrogen-bond acceptors (Lipinski definition) is 4. The number of fused-ring (bicyclic) bond motifs is 1. The second-order valence-electron chi connectivity index (χ2n) is 4.86. The van der Waals surface area contributed by atoms with Gasteiger partial charge in [-0.1, -0.05) is 18.2 Å². The summed E-state index contributed by atoms with van der Waals surface area (Å²) in [6.07, 6.45) is 0. The Kier molecular flexibility index (Phi) is 3.06. The van der Waals surface area contributed by atoms with Crippen LogP contribution in [0.15, 0.2) is 24.3 Å². The van der Waals surface area contributed by atoms with E-state index < -0.39 is 0 Å². The Hall–Kier alpha value is -2.12. The summed E-state index contributed by atoms with van der Waals surface area (Å²) in [4.78, 5) is 6.94. The molecule has 0 aliphatic carbocycles. The van der Waals surface area contributed by atoms with Crippen LogP contribution in [0.25, 0.3) is 10.9 Å². The Labute approximate surface area is 112 Å². The van der Waals surface area contributed by atoms with Gasteiger partial charge in [0.05, 0.1) is 11.1 Å². The molecular formula is C15H16N4. The zero-order valence-corrected chi connectivity index (χ0v) is 11.0. The Balaban J connectivity index is 2.16. The minimum Gasteiger partial charge on any atom is -0.353 e. The number of nitrogens with one attached hydrogen (secondary N) is 1. The number of nitrogens with zero attached hydrogens (tertiary/aromatic N) is 3. The van der Waals surface area contributed by atoms with Crippen LogP contribution in [0.2, 0.25) is 0 Å². The summed E-state index contributed by atoms with van der Waals surface area (Å²) >= 11 is 0. The SMILES string of the molecule is Cc1cccc2cc(C#N)c(N3CCNCC3)nc12. The average Bonchev–Trinajstić information content (AvgIpc) is 2.47. The van der Waals surface area contributed by atoms with Gasteiger partial charge in [0, 0.05) is 31.6 Å². The molecule has 0 saturated carbocycles. The molecule has 1 aromatic heterocycles. The van der Waals surface area contributed by atoms with Gasteiger partial charge >= 0.3 is 0 Å². The monoisotopic (exact) mass is 252 g/mol. The van der Waals surface area contributed by atoms with E-state index in [0.717, 1.165) is 48.5 Å². The van der Waals surface area contributed by atoms with Crippen molar-refractivity contribution in [2.45, 2.75) is 6.92 Å². The van der Waals surface area contributed by atoms with Crippen LogP contribution in [0.4, 0.5) is 5.82 Å². The molecule has 0 radical (unpaired) electrons. The maximum absolute atomic E-state index is 9.35. The van der Waals surface area contributed by atoms with Gasteiger partial charge in [0.2, 0.25) is 0 Å². The zero-order valence-electron chi connectivity index (χ0n) is 11.0. The summed E-state index contributed by atoms with van der Waals surface area (Å²) in [6, 6.07) is 10.3. The number of benzene rings is 1. The van der Waals surface area contributed by atoms with Gasteiger partial charge < -0.3 is 10.2 Å². The Morgan fingerprint density at radius 1 is 1.32 bits per heavy atom. The number of para-hydroxylation sites is 1. The van der Waals surface area contributed by atoms with Gasteiger partial charge in [-0.15, -0.1) is 0 Å². The third-order valence-corrected chi connectivity index (χ3v) is 3.56. The molecule has 4 nitrogen and oxygen atoms in total. The van der Waals surface area contributed by atoms with E-state index in [-0.39, 0.29) is 0 Å². The van der Waals surface area contributed by atoms with E-state index in [9.17, 15) is 5.26 Å². The highest BCUT2D eigenvalue weighted by Gasteiger charge is 2.17. The summed E-state index contributed by atoms with van der Waals surface area (Å²) in [5.41, 5.74) is 2.81. The van der Waals surface area contributed by atoms with Gasteiger partial charge in [0.1, 0.15) is 11.9 Å². The molecule has 1 fully saturated rings. The first-order valence-corrected chi connectivity index (χ1v) is 6.56. The molecule has 2 aromatic rings. The molecule has 1 N–H and O–H groups in total. The van der Waals surface area contributed by atoms with Crippen molar-refractivity contribution in [1.82, 2.24) is 10.3 Å². The van der Waals surface area contributed by atoms with Gasteiger partial charge in [-0.05, 0) is 18.6 Å². The summed E-state index contributed by atoms with van der Waals surface area (Å²) < 4.78 is 0. The Morgan fingerprint density at radius 2 is 2.11 bits per heavy atom. The molecule has 0 amide bonds. The topological polar surface area (TPSA) is 52.0 Å². The van der Waals surface area contributed by atoms with Crippen molar-refractivity contribution in [3.8, 4) is 6.07 Å². The minimum absolute atomic E-state index is 0.667. The van der Waals surface area contributed by atoms with Crippen LogP contribution >= 0.6 is 0 Å². The lowest BCUT2D eigenvalue weighted by Crippen LogP contribution is -2.44. The van der Waals surface area contributed by atoms with Gasteiger partial charge in [0.25, 0.3) is 0 Å². The van der Waals surface area contributed by atoms with Crippen LogP contribution < -0.4 is 10.2 Å². The molecule has 0 atom stereocenters. The number of hydrogen-bond donors (Lipinski definition) is 1. The zero-order chi connectivity index (χ0) is 13.2. The molecule has 1 saturated heterocycles. The highest BCUT2D eigenvalue weighted by atomic mass is 15.2. The second kappa shape index (κ2) is 4.87. The van der Waals surface area contributed by atoms with Gasteiger partial charge in [-0.2, -0.15) is 5.26 Å². The van der Waals surface area contributed by atoms with Gasteiger partial charge in [0.15, 0.2) is 0 Å². The molecule has 1 aliphatic rings. The number of piperazine rings is 1. The third-order valence-electron chi connectivity index (χ3n) is 3.56. The highest BCUT2D eigenvalue weighted by Crippen LogP contribution is 2.25. The van der Waals surface area contributed by atoms with Crippen molar-refractivity contribution in [2.75, 3.05) is 31.1 Å². The normalized spacial score (nSPS) is 15.5. The van der Waals surface area contributed by atoms with Crippen LogP contribution in [0.1, 0.15) is 11.1 Å². The van der Waals surface area contributed by atoms with Crippen molar-refractivity contribution in [2.24, 2.45) is 0 Å². The Bertz CT molecular complexity index is 651. The quantitative estimate of drug-likeness (QED) is 0.841. The maximum atomic E-state index is 9.35. The van der Waals surface area contributed by atoms with E-state index in [2.05, 4.69) is 29.3 Å². The average molecular weight is 252 g/mol. The molecule has 0 spiro atoms. The lowest BCUT2D eigenvalue weighted by Gasteiger charge is -2.29. The van der Waals surface area contributed by atoms with E-state index >= 15 is 0 Å². The first-order chi connectivity index (χ1) is 9.29. The summed E-state index contributed by atoms with van der Waals surface area (Å²) in [5.74, 6) is 0.825. The molecule has 2 heterocycles. The predicted octanol–water partition coefficient (Wildman–Crippen LogP) is 1.82. The first-order valence-electron chi connectivity index (χ1n) is 6.56. The number of aromatic nitrogens is 1.